The monoisotopic (exact) mass is 498 g/mol. The quantitative estimate of drug-likeness (QED) is 0.267. The van der Waals surface area contributed by atoms with E-state index in [4.69, 9.17) is 14.1 Å². The van der Waals surface area contributed by atoms with Gasteiger partial charge in [0.2, 0.25) is 0 Å². The van der Waals surface area contributed by atoms with E-state index in [1.165, 1.54) is 17.8 Å². The molecule has 0 saturated carbocycles. The number of rotatable bonds is 5. The van der Waals surface area contributed by atoms with Gasteiger partial charge in [0, 0.05) is 22.9 Å². The molecule has 182 valence electrons. The lowest BCUT2D eigenvalue weighted by molar-refractivity contribution is -0.138. The summed E-state index contributed by atoms with van der Waals surface area (Å²) < 4.78 is 10.8. The molecule has 0 unspecified atom stereocenters. The Morgan fingerprint density at radius 1 is 1.06 bits per heavy atom. The fourth-order valence-electron chi connectivity index (χ4n) is 4.51. The Morgan fingerprint density at radius 3 is 2.69 bits per heavy atom. The molecule has 0 radical (unpaired) electrons. The second-order valence-electron chi connectivity index (χ2n) is 8.67. The van der Waals surface area contributed by atoms with Crippen LogP contribution in [0.1, 0.15) is 36.6 Å². The molecule has 0 fully saturated rings. The molecule has 36 heavy (non-hydrogen) atoms. The first-order valence-corrected chi connectivity index (χ1v) is 12.8. The highest BCUT2D eigenvalue weighted by atomic mass is 32.2. The van der Waals surface area contributed by atoms with E-state index in [0.717, 1.165) is 32.8 Å². The van der Waals surface area contributed by atoms with E-state index >= 15 is 0 Å². The number of esters is 1. The Balaban J connectivity index is 1.54. The Hall–Kier alpha value is -3.84. The Morgan fingerprint density at radius 2 is 1.86 bits per heavy atom. The van der Waals surface area contributed by atoms with E-state index in [-0.39, 0.29) is 18.2 Å². The maximum absolute atomic E-state index is 13.0. The minimum absolute atomic E-state index is 0.284. The van der Waals surface area contributed by atoms with Crippen molar-refractivity contribution in [2.45, 2.75) is 32.6 Å². The number of ether oxygens (including phenoxy) is 1. The molecule has 5 rings (SSSR count). The van der Waals surface area contributed by atoms with Gasteiger partial charge in [0.1, 0.15) is 11.6 Å². The third-order valence-corrected chi connectivity index (χ3v) is 7.12. The number of amidine groups is 1. The van der Waals surface area contributed by atoms with E-state index < -0.39 is 6.04 Å². The van der Waals surface area contributed by atoms with Gasteiger partial charge in [-0.25, -0.2) is 14.6 Å². The zero-order chi connectivity index (χ0) is 25.2. The summed E-state index contributed by atoms with van der Waals surface area (Å²) in [6, 6.07) is 20.9. The first-order chi connectivity index (χ1) is 17.4. The van der Waals surface area contributed by atoms with Gasteiger partial charge >= 0.3 is 11.6 Å². The van der Waals surface area contributed by atoms with Crippen molar-refractivity contribution in [3.8, 4) is 0 Å². The minimum Gasteiger partial charge on any atom is -0.463 e. The Labute approximate surface area is 213 Å². The van der Waals surface area contributed by atoms with Gasteiger partial charge in [-0.1, -0.05) is 65.9 Å². The molecule has 1 aliphatic heterocycles. The molecule has 2 heterocycles. The predicted molar refractivity (Wildman–Crippen MR) is 145 cm³/mol. The molecule has 7 heteroatoms. The topological polar surface area (TPSA) is 80.9 Å². The summed E-state index contributed by atoms with van der Waals surface area (Å²) in [5.74, 6) is 0.136. The first-order valence-electron chi connectivity index (χ1n) is 11.8. The van der Waals surface area contributed by atoms with Gasteiger partial charge in [0.15, 0.2) is 5.17 Å². The lowest BCUT2D eigenvalue weighted by Crippen LogP contribution is -2.30. The average Bonchev–Trinajstić information content (AvgIpc) is 2.87. The molecule has 4 aromatic rings. The number of thioether (sulfide) groups is 1. The number of benzene rings is 3. The van der Waals surface area contributed by atoms with Crippen LogP contribution in [0.15, 0.2) is 92.2 Å². The van der Waals surface area contributed by atoms with E-state index in [9.17, 15) is 9.59 Å². The number of allylic oxidation sites excluding steroid dienone is 1. The summed E-state index contributed by atoms with van der Waals surface area (Å²) in [6.45, 7) is 5.96. The van der Waals surface area contributed by atoms with Crippen LogP contribution in [0, 0.1) is 6.92 Å². The van der Waals surface area contributed by atoms with E-state index in [1.807, 2.05) is 74.5 Å². The van der Waals surface area contributed by atoms with Crippen LogP contribution in [0.2, 0.25) is 0 Å². The highest BCUT2D eigenvalue weighted by Gasteiger charge is 2.31. The van der Waals surface area contributed by atoms with Crippen molar-refractivity contribution in [1.82, 2.24) is 5.32 Å². The highest BCUT2D eigenvalue weighted by molar-refractivity contribution is 8.13. The highest BCUT2D eigenvalue weighted by Crippen LogP contribution is 2.37. The third kappa shape index (κ3) is 4.66. The van der Waals surface area contributed by atoms with Gasteiger partial charge in [0.05, 0.1) is 12.2 Å². The Kier molecular flexibility index (Phi) is 6.65. The van der Waals surface area contributed by atoms with Crippen LogP contribution in [0.25, 0.3) is 21.7 Å². The molecule has 0 saturated heterocycles. The van der Waals surface area contributed by atoms with Crippen molar-refractivity contribution < 1.29 is 13.9 Å². The van der Waals surface area contributed by atoms with Crippen LogP contribution in [0.4, 0.5) is 0 Å². The molecule has 1 N–H and O–H groups in total. The van der Waals surface area contributed by atoms with Crippen LogP contribution in [-0.4, -0.2) is 17.7 Å². The smallest absolute Gasteiger partial charge is 0.338 e. The number of carbonyl (C=O) groups excluding carboxylic acids is 1. The number of hydrogen-bond donors (Lipinski definition) is 1. The molecule has 1 aromatic heterocycles. The molecule has 1 atom stereocenters. The van der Waals surface area contributed by atoms with Crippen LogP contribution in [0.3, 0.4) is 0 Å². The van der Waals surface area contributed by atoms with Crippen molar-refractivity contribution in [2.24, 2.45) is 4.99 Å². The molecule has 0 amide bonds. The van der Waals surface area contributed by atoms with Gasteiger partial charge < -0.3 is 14.5 Å². The number of carbonyl (C=O) groups is 1. The molecule has 0 aliphatic carbocycles. The summed E-state index contributed by atoms with van der Waals surface area (Å²) >= 11 is 1.49. The summed E-state index contributed by atoms with van der Waals surface area (Å²) in [5.41, 5.74) is 4.29. The van der Waals surface area contributed by atoms with E-state index in [2.05, 4.69) is 5.32 Å². The van der Waals surface area contributed by atoms with Crippen LogP contribution in [0.5, 0.6) is 0 Å². The minimum atomic E-state index is -0.515. The van der Waals surface area contributed by atoms with Gasteiger partial charge in [-0.15, -0.1) is 0 Å². The molecule has 0 spiro atoms. The number of fused-ring (bicyclic) bond motifs is 2. The van der Waals surface area contributed by atoms with Gasteiger partial charge in [-0.3, -0.25) is 0 Å². The zero-order valence-corrected chi connectivity index (χ0v) is 21.1. The standard InChI is InChI=1S/C29H26N2O4S/c1-4-34-28(33)26-18(3)30-29(31-27(26)22-11-7-9-19-8-5-6-10-21(19)22)36-16-20-15-25(32)35-24-13-12-17(2)14-23(20)24/h5-15,27H,4,16H2,1-3H3,(H,30,31)/t27-/m1/s1. The van der Waals surface area contributed by atoms with Crippen molar-refractivity contribution >= 4 is 44.6 Å². The Bertz CT molecular complexity index is 1600. The first kappa shape index (κ1) is 23.9. The van der Waals surface area contributed by atoms with Crippen LogP contribution < -0.4 is 10.9 Å². The number of aryl methyl sites for hydroxylation is 1. The molecule has 0 bridgehead atoms. The maximum atomic E-state index is 13.0. The summed E-state index contributed by atoms with van der Waals surface area (Å²) in [7, 11) is 0. The van der Waals surface area contributed by atoms with E-state index in [1.54, 1.807) is 6.92 Å². The average molecular weight is 499 g/mol. The fraction of sp³-hybridized carbons (Fsp3) is 0.207. The molecule has 1 aliphatic rings. The molecular weight excluding hydrogens is 472 g/mol. The summed E-state index contributed by atoms with van der Waals surface area (Å²) in [6.07, 6.45) is 0. The number of aliphatic imine (C=N–C) groups is 1. The SMILES string of the molecule is CCOC(=O)C1=C(C)NC(SCc2cc(=O)oc3ccc(C)cc23)=N[C@@H]1c1cccc2ccccc12. The largest absolute Gasteiger partial charge is 0.463 e. The number of nitrogens with zero attached hydrogens (tertiary/aromatic N) is 1. The van der Waals surface area contributed by atoms with Crippen LogP contribution in [-0.2, 0) is 15.3 Å². The molecule has 6 nitrogen and oxygen atoms in total. The van der Waals surface area contributed by atoms with Crippen molar-refractivity contribution in [2.75, 3.05) is 6.61 Å². The molecule has 3 aromatic carbocycles. The summed E-state index contributed by atoms with van der Waals surface area (Å²) in [4.78, 5) is 30.1. The van der Waals surface area contributed by atoms with Gasteiger partial charge in [-0.2, -0.15) is 0 Å². The van der Waals surface area contributed by atoms with Gasteiger partial charge in [-0.05, 0) is 54.8 Å². The van der Waals surface area contributed by atoms with E-state index in [0.29, 0.717) is 27.8 Å². The summed E-state index contributed by atoms with van der Waals surface area (Å²) in [5, 5.41) is 6.99. The van der Waals surface area contributed by atoms with Crippen LogP contribution >= 0.6 is 11.8 Å². The lowest BCUT2D eigenvalue weighted by atomic mass is 9.92. The maximum Gasteiger partial charge on any atom is 0.338 e. The third-order valence-electron chi connectivity index (χ3n) is 6.18. The normalized spacial score (nSPS) is 15.6. The van der Waals surface area contributed by atoms with Crippen molar-refractivity contribution in [1.29, 1.82) is 0 Å². The zero-order valence-electron chi connectivity index (χ0n) is 20.3. The fourth-order valence-corrected chi connectivity index (χ4v) is 5.45. The molecular formula is C29H26N2O4S. The lowest BCUT2D eigenvalue weighted by Gasteiger charge is -2.26. The predicted octanol–water partition coefficient (Wildman–Crippen LogP) is 6.03. The van der Waals surface area contributed by atoms with Crippen molar-refractivity contribution in [3.63, 3.8) is 0 Å². The van der Waals surface area contributed by atoms with Crippen molar-refractivity contribution in [3.05, 3.63) is 105 Å². The second kappa shape index (κ2) is 10.0. The second-order valence-corrected chi connectivity index (χ2v) is 9.63. The van der Waals surface area contributed by atoms with Gasteiger partial charge in [0.25, 0.3) is 0 Å². The number of hydrogen-bond acceptors (Lipinski definition) is 7. The number of nitrogens with one attached hydrogen (secondary N) is 1.